The van der Waals surface area contributed by atoms with Gasteiger partial charge in [0.05, 0.1) is 12.7 Å². The van der Waals surface area contributed by atoms with Crippen molar-refractivity contribution < 1.29 is 19.4 Å². The highest BCUT2D eigenvalue weighted by Gasteiger charge is 2.12. The van der Waals surface area contributed by atoms with Gasteiger partial charge in [0.25, 0.3) is 0 Å². The molecular formula is C13H10ClNO4. The zero-order chi connectivity index (χ0) is 13.8. The molecule has 19 heavy (non-hydrogen) atoms. The highest BCUT2D eigenvalue weighted by atomic mass is 35.5. The first-order valence-electron chi connectivity index (χ1n) is 5.30. The van der Waals surface area contributed by atoms with Crippen molar-refractivity contribution in [2.45, 2.75) is 0 Å². The van der Waals surface area contributed by atoms with Crippen molar-refractivity contribution in [3.05, 3.63) is 47.2 Å². The van der Waals surface area contributed by atoms with E-state index in [2.05, 4.69) is 4.98 Å². The van der Waals surface area contributed by atoms with Gasteiger partial charge in [-0.1, -0.05) is 11.6 Å². The van der Waals surface area contributed by atoms with Crippen molar-refractivity contribution in [3.63, 3.8) is 0 Å². The molecule has 98 valence electrons. The van der Waals surface area contributed by atoms with Crippen LogP contribution in [0.1, 0.15) is 10.4 Å². The summed E-state index contributed by atoms with van der Waals surface area (Å²) in [6.45, 7) is 0. The zero-order valence-corrected chi connectivity index (χ0v) is 10.7. The zero-order valence-electron chi connectivity index (χ0n) is 9.96. The van der Waals surface area contributed by atoms with Crippen LogP contribution in [0.3, 0.4) is 0 Å². The lowest BCUT2D eigenvalue weighted by Crippen LogP contribution is -1.98. The van der Waals surface area contributed by atoms with Crippen LogP contribution in [0.5, 0.6) is 17.2 Å². The Kier molecular flexibility index (Phi) is 3.87. The number of carboxylic acid groups (broad SMARTS) is 1. The molecule has 0 spiro atoms. The summed E-state index contributed by atoms with van der Waals surface area (Å²) >= 11 is 5.93. The summed E-state index contributed by atoms with van der Waals surface area (Å²) in [6, 6.07) is 5.92. The van der Waals surface area contributed by atoms with Gasteiger partial charge in [0, 0.05) is 18.5 Å². The topological polar surface area (TPSA) is 68.7 Å². The Morgan fingerprint density at radius 1 is 1.26 bits per heavy atom. The molecule has 1 aromatic carbocycles. The Morgan fingerprint density at radius 2 is 2.05 bits per heavy atom. The maximum atomic E-state index is 10.9. The molecule has 0 radical (unpaired) electrons. The summed E-state index contributed by atoms with van der Waals surface area (Å²) in [6.07, 6.45) is 2.99. The number of hydrogen-bond donors (Lipinski definition) is 1. The second kappa shape index (κ2) is 5.58. The van der Waals surface area contributed by atoms with E-state index in [0.29, 0.717) is 22.3 Å². The number of halogens is 1. The number of nitrogens with zero attached hydrogens (tertiary/aromatic N) is 1. The molecule has 5 nitrogen and oxygen atoms in total. The first kappa shape index (κ1) is 13.2. The van der Waals surface area contributed by atoms with Crippen LogP contribution < -0.4 is 9.47 Å². The predicted molar refractivity (Wildman–Crippen MR) is 69.3 cm³/mol. The van der Waals surface area contributed by atoms with Gasteiger partial charge in [-0.25, -0.2) is 4.79 Å². The number of aromatic carboxylic acids is 1. The average molecular weight is 280 g/mol. The third-order valence-electron chi connectivity index (χ3n) is 2.37. The van der Waals surface area contributed by atoms with E-state index in [4.69, 9.17) is 26.2 Å². The van der Waals surface area contributed by atoms with Crippen LogP contribution in [0.2, 0.25) is 5.02 Å². The number of methoxy groups -OCH3 is 1. The highest BCUT2D eigenvalue weighted by molar-refractivity contribution is 6.31. The molecule has 0 aliphatic heterocycles. The lowest BCUT2D eigenvalue weighted by molar-refractivity contribution is 0.0696. The van der Waals surface area contributed by atoms with Gasteiger partial charge in [-0.2, -0.15) is 0 Å². The van der Waals surface area contributed by atoms with Crippen LogP contribution in [0.25, 0.3) is 0 Å². The normalized spacial score (nSPS) is 10.0. The fourth-order valence-electron chi connectivity index (χ4n) is 1.45. The number of benzene rings is 1. The van der Waals surface area contributed by atoms with Crippen LogP contribution in [-0.2, 0) is 0 Å². The minimum Gasteiger partial charge on any atom is -0.493 e. The van der Waals surface area contributed by atoms with Crippen LogP contribution >= 0.6 is 11.6 Å². The van der Waals surface area contributed by atoms with Crippen molar-refractivity contribution in [2.75, 3.05) is 7.11 Å². The number of ether oxygens (including phenoxy) is 2. The van der Waals surface area contributed by atoms with Gasteiger partial charge >= 0.3 is 5.97 Å². The van der Waals surface area contributed by atoms with Gasteiger partial charge in [0.1, 0.15) is 10.8 Å². The van der Waals surface area contributed by atoms with Gasteiger partial charge in [-0.05, 0) is 18.2 Å². The van der Waals surface area contributed by atoms with Gasteiger partial charge in [-0.15, -0.1) is 0 Å². The Hall–Kier alpha value is -2.27. The molecule has 0 saturated heterocycles. The molecule has 0 aliphatic carbocycles. The average Bonchev–Trinajstić information content (AvgIpc) is 2.41. The number of carbonyl (C=O) groups is 1. The molecule has 0 aliphatic rings. The summed E-state index contributed by atoms with van der Waals surface area (Å²) in [5.74, 6) is 0.0678. The van der Waals surface area contributed by atoms with Crippen LogP contribution in [-0.4, -0.2) is 23.2 Å². The van der Waals surface area contributed by atoms with Gasteiger partial charge in [0.2, 0.25) is 0 Å². The lowest BCUT2D eigenvalue weighted by atomic mass is 10.2. The van der Waals surface area contributed by atoms with Crippen molar-refractivity contribution in [1.29, 1.82) is 0 Å². The van der Waals surface area contributed by atoms with Crippen LogP contribution in [0.15, 0.2) is 36.7 Å². The molecule has 6 heteroatoms. The third kappa shape index (κ3) is 2.95. The van der Waals surface area contributed by atoms with Crippen molar-refractivity contribution in [1.82, 2.24) is 4.98 Å². The van der Waals surface area contributed by atoms with Crippen LogP contribution in [0.4, 0.5) is 0 Å². The number of pyridine rings is 1. The van der Waals surface area contributed by atoms with Crippen molar-refractivity contribution >= 4 is 17.6 Å². The Labute approximate surface area is 114 Å². The second-order valence-corrected chi connectivity index (χ2v) is 3.99. The Morgan fingerprint density at radius 3 is 2.68 bits per heavy atom. The van der Waals surface area contributed by atoms with Gasteiger partial charge in [-0.3, -0.25) is 4.98 Å². The monoisotopic (exact) mass is 279 g/mol. The van der Waals surface area contributed by atoms with E-state index in [0.717, 1.165) is 0 Å². The lowest BCUT2D eigenvalue weighted by Gasteiger charge is -2.11. The molecule has 0 fully saturated rings. The van der Waals surface area contributed by atoms with E-state index < -0.39 is 5.97 Å². The molecule has 0 atom stereocenters. The molecule has 0 bridgehead atoms. The fraction of sp³-hybridized carbons (Fsp3) is 0.0769. The molecule has 0 amide bonds. The number of hydrogen-bond acceptors (Lipinski definition) is 4. The van der Waals surface area contributed by atoms with E-state index in [1.165, 1.54) is 31.5 Å². The molecule has 1 heterocycles. The smallest absolute Gasteiger partial charge is 0.335 e. The third-order valence-corrected chi connectivity index (χ3v) is 2.65. The van der Waals surface area contributed by atoms with E-state index in [9.17, 15) is 4.79 Å². The summed E-state index contributed by atoms with van der Waals surface area (Å²) in [5.41, 5.74) is 0.116. The van der Waals surface area contributed by atoms with Crippen LogP contribution in [0, 0.1) is 0 Å². The molecular weight excluding hydrogens is 270 g/mol. The largest absolute Gasteiger partial charge is 0.493 e. The number of rotatable bonds is 4. The molecule has 2 aromatic rings. The number of aromatic nitrogens is 1. The van der Waals surface area contributed by atoms with E-state index in [1.54, 1.807) is 12.3 Å². The minimum absolute atomic E-state index is 0.116. The predicted octanol–water partition coefficient (Wildman–Crippen LogP) is 3.23. The van der Waals surface area contributed by atoms with E-state index >= 15 is 0 Å². The maximum absolute atomic E-state index is 10.9. The highest BCUT2D eigenvalue weighted by Crippen LogP contribution is 2.34. The van der Waals surface area contributed by atoms with Crippen molar-refractivity contribution in [3.8, 4) is 17.2 Å². The first-order chi connectivity index (χ1) is 9.11. The molecule has 1 aromatic heterocycles. The van der Waals surface area contributed by atoms with Crippen molar-refractivity contribution in [2.24, 2.45) is 0 Å². The Balaban J connectivity index is 2.35. The first-order valence-corrected chi connectivity index (χ1v) is 5.68. The SMILES string of the molecule is COc1cc(C(=O)O)ccc1Oc1ccncc1Cl. The quantitative estimate of drug-likeness (QED) is 0.930. The fourth-order valence-corrected chi connectivity index (χ4v) is 1.61. The van der Waals surface area contributed by atoms with E-state index in [-0.39, 0.29) is 5.56 Å². The molecule has 1 N–H and O–H groups in total. The van der Waals surface area contributed by atoms with Gasteiger partial charge in [0.15, 0.2) is 11.5 Å². The summed E-state index contributed by atoms with van der Waals surface area (Å²) in [4.78, 5) is 14.7. The second-order valence-electron chi connectivity index (χ2n) is 3.58. The standard InChI is InChI=1S/C13H10ClNO4/c1-18-12-6-8(13(16)17)2-3-11(12)19-10-4-5-15-7-9(10)14/h2-7H,1H3,(H,16,17). The Bertz CT molecular complexity index is 615. The number of carboxylic acids is 1. The summed E-state index contributed by atoms with van der Waals surface area (Å²) < 4.78 is 10.7. The minimum atomic E-state index is -1.04. The summed E-state index contributed by atoms with van der Waals surface area (Å²) in [5, 5.41) is 9.26. The molecule has 0 unspecified atom stereocenters. The molecule has 2 rings (SSSR count). The van der Waals surface area contributed by atoms with E-state index in [1.807, 2.05) is 0 Å². The maximum Gasteiger partial charge on any atom is 0.335 e. The molecule has 0 saturated carbocycles. The summed E-state index contributed by atoms with van der Waals surface area (Å²) in [7, 11) is 1.43. The van der Waals surface area contributed by atoms with Gasteiger partial charge < -0.3 is 14.6 Å².